The summed E-state index contributed by atoms with van der Waals surface area (Å²) in [6.07, 6.45) is 2.40. The van der Waals surface area contributed by atoms with Crippen LogP contribution in [0.2, 0.25) is 10.0 Å². The number of hydrogen-bond acceptors (Lipinski definition) is 2. The lowest BCUT2D eigenvalue weighted by molar-refractivity contribution is 1.03. The number of aromatic nitrogens is 3. The summed E-state index contributed by atoms with van der Waals surface area (Å²) in [6, 6.07) is 7.50. The van der Waals surface area contributed by atoms with Gasteiger partial charge in [0.15, 0.2) is 5.65 Å². The molecule has 0 fully saturated rings. The van der Waals surface area contributed by atoms with Crippen LogP contribution in [0, 0.1) is 0 Å². The molecule has 2 aromatic heterocycles. The summed E-state index contributed by atoms with van der Waals surface area (Å²) in [7, 11) is 0. The Morgan fingerprint density at radius 3 is 2.79 bits per heavy atom. The molecule has 0 spiro atoms. The number of aromatic amines is 1. The van der Waals surface area contributed by atoms with E-state index in [0.29, 0.717) is 16.5 Å². The van der Waals surface area contributed by atoms with Crippen LogP contribution in [0.25, 0.3) is 11.2 Å². The van der Waals surface area contributed by atoms with E-state index >= 15 is 0 Å². The van der Waals surface area contributed by atoms with Gasteiger partial charge in [0.2, 0.25) is 0 Å². The number of benzene rings is 1. The fourth-order valence-electron chi connectivity index (χ4n) is 1.85. The third kappa shape index (κ3) is 2.76. The molecule has 1 N–H and O–H groups in total. The minimum absolute atomic E-state index is 0.552. The van der Waals surface area contributed by atoms with E-state index in [9.17, 15) is 0 Å². The number of rotatable bonds is 2. The zero-order valence-corrected chi connectivity index (χ0v) is 12.7. The van der Waals surface area contributed by atoms with Crippen molar-refractivity contribution in [2.24, 2.45) is 0 Å². The van der Waals surface area contributed by atoms with E-state index in [1.54, 1.807) is 12.3 Å². The minimum Gasteiger partial charge on any atom is -0.326 e. The number of imidazole rings is 1. The molecule has 19 heavy (non-hydrogen) atoms. The van der Waals surface area contributed by atoms with E-state index in [1.165, 1.54) is 0 Å². The van der Waals surface area contributed by atoms with E-state index in [0.717, 1.165) is 27.0 Å². The second kappa shape index (κ2) is 5.12. The van der Waals surface area contributed by atoms with Gasteiger partial charge in [-0.05, 0) is 39.7 Å². The molecule has 0 bridgehead atoms. The van der Waals surface area contributed by atoms with Gasteiger partial charge in [0.05, 0.1) is 10.0 Å². The zero-order valence-electron chi connectivity index (χ0n) is 9.62. The molecule has 0 amide bonds. The first-order valence-corrected chi connectivity index (χ1v) is 7.11. The predicted octanol–water partition coefficient (Wildman–Crippen LogP) is 4.62. The Balaban J connectivity index is 1.94. The molecule has 0 aliphatic rings. The topological polar surface area (TPSA) is 41.6 Å². The summed E-state index contributed by atoms with van der Waals surface area (Å²) in [5.41, 5.74) is 2.66. The predicted molar refractivity (Wildman–Crippen MR) is 80.9 cm³/mol. The van der Waals surface area contributed by atoms with E-state index in [4.69, 9.17) is 23.2 Å². The lowest BCUT2D eigenvalue weighted by Crippen LogP contribution is -1.90. The van der Waals surface area contributed by atoms with Crippen molar-refractivity contribution >= 4 is 50.3 Å². The van der Waals surface area contributed by atoms with Crippen LogP contribution in [-0.4, -0.2) is 15.0 Å². The highest BCUT2D eigenvalue weighted by atomic mass is 79.9. The SMILES string of the molecule is Clc1ccc(Cc2nc3cc(Br)cnc3[nH]2)cc1Cl. The largest absolute Gasteiger partial charge is 0.326 e. The van der Waals surface area contributed by atoms with E-state index in [2.05, 4.69) is 30.9 Å². The Morgan fingerprint density at radius 2 is 2.00 bits per heavy atom. The lowest BCUT2D eigenvalue weighted by Gasteiger charge is -2.00. The van der Waals surface area contributed by atoms with Gasteiger partial charge in [0.25, 0.3) is 0 Å². The van der Waals surface area contributed by atoms with Crippen LogP contribution in [0.1, 0.15) is 11.4 Å². The second-order valence-corrected chi connectivity index (χ2v) is 5.86. The number of nitrogens with one attached hydrogen (secondary N) is 1. The summed E-state index contributed by atoms with van der Waals surface area (Å²) in [5, 5.41) is 1.11. The van der Waals surface area contributed by atoms with Gasteiger partial charge in [-0.2, -0.15) is 0 Å². The molecule has 0 saturated heterocycles. The molecule has 3 aromatic rings. The first-order chi connectivity index (χ1) is 9.11. The average molecular weight is 357 g/mol. The molecule has 3 nitrogen and oxygen atoms in total. The molecular weight excluding hydrogens is 349 g/mol. The highest BCUT2D eigenvalue weighted by Gasteiger charge is 2.06. The van der Waals surface area contributed by atoms with Gasteiger partial charge >= 0.3 is 0 Å². The molecule has 0 aliphatic heterocycles. The van der Waals surface area contributed by atoms with Crippen molar-refractivity contribution in [1.29, 1.82) is 0 Å². The first kappa shape index (κ1) is 12.9. The van der Waals surface area contributed by atoms with Crippen molar-refractivity contribution in [2.75, 3.05) is 0 Å². The maximum atomic E-state index is 6.00. The van der Waals surface area contributed by atoms with Crippen molar-refractivity contribution < 1.29 is 0 Å². The van der Waals surface area contributed by atoms with Crippen LogP contribution in [0.4, 0.5) is 0 Å². The van der Waals surface area contributed by atoms with Gasteiger partial charge < -0.3 is 4.98 Å². The fourth-order valence-corrected chi connectivity index (χ4v) is 2.49. The normalized spacial score (nSPS) is 11.1. The number of halogens is 3. The Labute approximate surface area is 128 Å². The number of nitrogens with zero attached hydrogens (tertiary/aromatic N) is 2. The first-order valence-electron chi connectivity index (χ1n) is 5.56. The van der Waals surface area contributed by atoms with Gasteiger partial charge in [-0.1, -0.05) is 29.3 Å². The van der Waals surface area contributed by atoms with Crippen LogP contribution >= 0.6 is 39.1 Å². The number of pyridine rings is 1. The van der Waals surface area contributed by atoms with Crippen molar-refractivity contribution in [3.8, 4) is 0 Å². The van der Waals surface area contributed by atoms with Gasteiger partial charge in [-0.15, -0.1) is 0 Å². The van der Waals surface area contributed by atoms with Gasteiger partial charge in [0, 0.05) is 17.1 Å². The molecule has 0 radical (unpaired) electrons. The number of hydrogen-bond donors (Lipinski definition) is 1. The maximum absolute atomic E-state index is 6.00. The van der Waals surface area contributed by atoms with Gasteiger partial charge in [-0.25, -0.2) is 9.97 Å². The average Bonchev–Trinajstić information content (AvgIpc) is 2.75. The Hall–Kier alpha value is -1.10. The van der Waals surface area contributed by atoms with Gasteiger partial charge in [-0.3, -0.25) is 0 Å². The highest BCUT2D eigenvalue weighted by molar-refractivity contribution is 9.10. The van der Waals surface area contributed by atoms with Crippen molar-refractivity contribution in [3.63, 3.8) is 0 Å². The molecule has 0 atom stereocenters. The summed E-state index contributed by atoms with van der Waals surface area (Å²) in [6.45, 7) is 0. The summed E-state index contributed by atoms with van der Waals surface area (Å²) in [4.78, 5) is 11.9. The van der Waals surface area contributed by atoms with E-state index in [1.807, 2.05) is 18.2 Å². The Morgan fingerprint density at radius 1 is 1.16 bits per heavy atom. The molecular formula is C13H8BrCl2N3. The minimum atomic E-state index is 0.552. The van der Waals surface area contributed by atoms with Crippen molar-refractivity contribution in [1.82, 2.24) is 15.0 Å². The Kier molecular flexibility index (Phi) is 3.48. The monoisotopic (exact) mass is 355 g/mol. The Bertz CT molecular complexity index is 755. The van der Waals surface area contributed by atoms with Crippen molar-refractivity contribution in [3.05, 3.63) is 56.4 Å². The van der Waals surface area contributed by atoms with E-state index in [-0.39, 0.29) is 0 Å². The van der Waals surface area contributed by atoms with E-state index < -0.39 is 0 Å². The molecule has 2 heterocycles. The zero-order chi connectivity index (χ0) is 13.4. The quantitative estimate of drug-likeness (QED) is 0.727. The third-order valence-corrected chi connectivity index (χ3v) is 3.88. The van der Waals surface area contributed by atoms with Crippen LogP contribution in [0.3, 0.4) is 0 Å². The molecule has 3 rings (SSSR count). The molecule has 6 heteroatoms. The number of H-pyrrole nitrogens is 1. The summed E-state index contributed by atoms with van der Waals surface area (Å²) < 4.78 is 0.910. The smallest absolute Gasteiger partial charge is 0.157 e. The summed E-state index contributed by atoms with van der Waals surface area (Å²) in [5.74, 6) is 0.846. The second-order valence-electron chi connectivity index (χ2n) is 4.13. The third-order valence-electron chi connectivity index (χ3n) is 2.71. The molecule has 1 aromatic carbocycles. The molecule has 0 unspecified atom stereocenters. The molecule has 96 valence electrons. The molecule has 0 aliphatic carbocycles. The fraction of sp³-hybridized carbons (Fsp3) is 0.0769. The van der Waals surface area contributed by atoms with Gasteiger partial charge in [0.1, 0.15) is 11.3 Å². The lowest BCUT2D eigenvalue weighted by atomic mass is 10.1. The van der Waals surface area contributed by atoms with Crippen LogP contribution in [0.5, 0.6) is 0 Å². The maximum Gasteiger partial charge on any atom is 0.157 e. The van der Waals surface area contributed by atoms with Crippen molar-refractivity contribution in [2.45, 2.75) is 6.42 Å². The molecule has 0 saturated carbocycles. The van der Waals surface area contributed by atoms with Crippen LogP contribution in [-0.2, 0) is 6.42 Å². The van der Waals surface area contributed by atoms with Crippen LogP contribution in [0.15, 0.2) is 34.9 Å². The summed E-state index contributed by atoms with van der Waals surface area (Å²) >= 11 is 15.3. The number of fused-ring (bicyclic) bond motifs is 1. The standard InChI is InChI=1S/C13H8BrCl2N3/c14-8-5-11-13(17-6-8)19-12(18-11)4-7-1-2-9(15)10(16)3-7/h1-3,5-6H,4H2,(H,17,18,19). The highest BCUT2D eigenvalue weighted by Crippen LogP contribution is 2.24. The van der Waals surface area contributed by atoms with Crippen LogP contribution < -0.4 is 0 Å².